The fraction of sp³-hybridized carbons (Fsp3) is 0.389. The smallest absolute Gasteiger partial charge is 0.309 e. The van der Waals surface area contributed by atoms with Crippen LogP contribution in [0.4, 0.5) is 0 Å². The summed E-state index contributed by atoms with van der Waals surface area (Å²) in [6, 6.07) is 4.65. The van der Waals surface area contributed by atoms with Crippen LogP contribution in [0.3, 0.4) is 0 Å². The third kappa shape index (κ3) is 1.96. The minimum atomic E-state index is -0.738. The Bertz CT molecular complexity index is 843. The Hall–Kier alpha value is -2.47. The molecule has 24 heavy (non-hydrogen) atoms. The fourth-order valence-electron chi connectivity index (χ4n) is 3.79. The number of ether oxygens (including phenoxy) is 2. The first kappa shape index (κ1) is 15.1. The van der Waals surface area contributed by atoms with Crippen LogP contribution in [0.25, 0.3) is 10.8 Å². The Labute approximate surface area is 138 Å². The molecule has 0 amide bonds. The van der Waals surface area contributed by atoms with Crippen molar-refractivity contribution in [2.75, 3.05) is 0 Å². The zero-order valence-corrected chi connectivity index (χ0v) is 13.2. The summed E-state index contributed by atoms with van der Waals surface area (Å²) < 4.78 is 11.3. The first-order valence-electron chi connectivity index (χ1n) is 8.07. The summed E-state index contributed by atoms with van der Waals surface area (Å²) in [7, 11) is 0. The van der Waals surface area contributed by atoms with Crippen LogP contribution in [0, 0.1) is 0 Å². The molecule has 0 spiro atoms. The van der Waals surface area contributed by atoms with Crippen molar-refractivity contribution in [2.45, 2.75) is 44.5 Å². The highest BCUT2D eigenvalue weighted by Crippen LogP contribution is 2.55. The van der Waals surface area contributed by atoms with Crippen LogP contribution in [0.15, 0.2) is 18.2 Å². The number of hydrogen-bond donors (Lipinski definition) is 3. The predicted molar refractivity (Wildman–Crippen MR) is 84.9 cm³/mol. The van der Waals surface area contributed by atoms with Gasteiger partial charge in [0.2, 0.25) is 0 Å². The topological polar surface area (TPSA) is 96.2 Å². The molecule has 0 saturated carbocycles. The average Bonchev–Trinajstić information content (AvgIpc) is 2.91. The summed E-state index contributed by atoms with van der Waals surface area (Å²) in [5.74, 6) is -0.717. The molecular formula is C18H18O6. The van der Waals surface area contributed by atoms with Gasteiger partial charge in [0.15, 0.2) is 6.10 Å². The second kappa shape index (κ2) is 5.27. The van der Waals surface area contributed by atoms with Gasteiger partial charge in [-0.3, -0.25) is 4.79 Å². The van der Waals surface area contributed by atoms with E-state index in [1.807, 2.05) is 6.92 Å². The number of fused-ring (bicyclic) bond motifs is 4. The molecule has 2 aromatic rings. The molecule has 126 valence electrons. The van der Waals surface area contributed by atoms with Crippen LogP contribution in [-0.2, 0) is 14.3 Å². The van der Waals surface area contributed by atoms with Gasteiger partial charge in [-0.1, -0.05) is 25.5 Å². The van der Waals surface area contributed by atoms with Crippen molar-refractivity contribution in [1.29, 1.82) is 0 Å². The van der Waals surface area contributed by atoms with Crippen molar-refractivity contribution in [2.24, 2.45) is 0 Å². The van der Waals surface area contributed by atoms with E-state index in [9.17, 15) is 20.1 Å². The molecule has 2 aliphatic rings. The van der Waals surface area contributed by atoms with Crippen molar-refractivity contribution in [1.82, 2.24) is 0 Å². The van der Waals surface area contributed by atoms with Crippen molar-refractivity contribution in [3.05, 3.63) is 29.3 Å². The molecule has 2 heterocycles. The molecule has 6 nitrogen and oxygen atoms in total. The standard InChI is InChI=1S/C18H18O6/c1-2-4-10-14-15(18-11(23-10)7-12(20)24-18)16(21)8-5-3-6-9(19)13(8)17(14)22/h3,5-6,10-11,18-19,21-22H,2,4,7H2,1H3/t10-,11+,18-/m1/s1. The van der Waals surface area contributed by atoms with Crippen LogP contribution < -0.4 is 0 Å². The molecule has 6 heteroatoms. The zero-order valence-electron chi connectivity index (χ0n) is 13.2. The normalized spacial score (nSPS) is 25.4. The van der Waals surface area contributed by atoms with E-state index in [1.165, 1.54) is 6.07 Å². The molecule has 0 bridgehead atoms. The predicted octanol–water partition coefficient (Wildman–Crippen LogP) is 3.18. The van der Waals surface area contributed by atoms with Gasteiger partial charge in [0, 0.05) is 16.5 Å². The summed E-state index contributed by atoms with van der Waals surface area (Å²) in [4.78, 5) is 11.7. The van der Waals surface area contributed by atoms with E-state index in [0.717, 1.165) is 6.42 Å². The maximum atomic E-state index is 11.7. The highest BCUT2D eigenvalue weighted by atomic mass is 16.6. The molecule has 3 atom stereocenters. The molecule has 2 aromatic carbocycles. The van der Waals surface area contributed by atoms with E-state index in [4.69, 9.17) is 9.47 Å². The zero-order chi connectivity index (χ0) is 17.0. The number of benzene rings is 2. The number of carbonyl (C=O) groups is 1. The molecule has 0 radical (unpaired) electrons. The Morgan fingerprint density at radius 2 is 1.96 bits per heavy atom. The lowest BCUT2D eigenvalue weighted by Crippen LogP contribution is -2.28. The van der Waals surface area contributed by atoms with Gasteiger partial charge in [0.05, 0.1) is 17.9 Å². The van der Waals surface area contributed by atoms with Crippen molar-refractivity contribution in [3.8, 4) is 17.2 Å². The lowest BCUT2D eigenvalue weighted by Gasteiger charge is -2.34. The average molecular weight is 330 g/mol. The maximum absolute atomic E-state index is 11.7. The highest BCUT2D eigenvalue weighted by molar-refractivity contribution is 6.00. The van der Waals surface area contributed by atoms with E-state index in [1.54, 1.807) is 12.1 Å². The molecule has 0 aromatic heterocycles. The van der Waals surface area contributed by atoms with E-state index in [0.29, 0.717) is 22.9 Å². The summed E-state index contributed by atoms with van der Waals surface area (Å²) >= 11 is 0. The minimum Gasteiger partial charge on any atom is -0.507 e. The third-order valence-corrected chi connectivity index (χ3v) is 4.80. The highest BCUT2D eigenvalue weighted by Gasteiger charge is 2.47. The third-order valence-electron chi connectivity index (χ3n) is 4.80. The van der Waals surface area contributed by atoms with Gasteiger partial charge in [-0.2, -0.15) is 0 Å². The second-order valence-corrected chi connectivity index (χ2v) is 6.29. The van der Waals surface area contributed by atoms with Crippen molar-refractivity contribution >= 4 is 16.7 Å². The van der Waals surface area contributed by atoms with Crippen LogP contribution in [0.2, 0.25) is 0 Å². The number of aromatic hydroxyl groups is 3. The number of hydrogen-bond acceptors (Lipinski definition) is 6. The van der Waals surface area contributed by atoms with Gasteiger partial charge in [-0.15, -0.1) is 0 Å². The van der Waals surface area contributed by atoms with Gasteiger partial charge in [-0.25, -0.2) is 0 Å². The first-order valence-corrected chi connectivity index (χ1v) is 8.07. The molecular weight excluding hydrogens is 312 g/mol. The lowest BCUT2D eigenvalue weighted by atomic mass is 9.85. The van der Waals surface area contributed by atoms with Gasteiger partial charge in [-0.05, 0) is 12.5 Å². The number of esters is 1. The summed E-state index contributed by atoms with van der Waals surface area (Å²) in [6.07, 6.45) is -0.121. The molecule has 0 unspecified atom stereocenters. The molecule has 0 aliphatic carbocycles. The van der Waals surface area contributed by atoms with E-state index in [2.05, 4.69) is 0 Å². The number of phenolic OH excluding ortho intramolecular Hbond substituents is 3. The van der Waals surface area contributed by atoms with E-state index in [-0.39, 0.29) is 35.0 Å². The summed E-state index contributed by atoms with van der Waals surface area (Å²) in [5, 5.41) is 32.2. The Morgan fingerprint density at radius 1 is 1.17 bits per heavy atom. The van der Waals surface area contributed by atoms with E-state index >= 15 is 0 Å². The lowest BCUT2D eigenvalue weighted by molar-refractivity contribution is -0.143. The van der Waals surface area contributed by atoms with Crippen LogP contribution in [-0.4, -0.2) is 27.4 Å². The van der Waals surface area contributed by atoms with Gasteiger partial charge >= 0.3 is 5.97 Å². The van der Waals surface area contributed by atoms with Crippen LogP contribution in [0.1, 0.15) is 49.5 Å². The number of rotatable bonds is 2. The molecule has 1 saturated heterocycles. The second-order valence-electron chi connectivity index (χ2n) is 6.29. The SMILES string of the molecule is CCC[C@H]1O[C@H]2CC(=O)O[C@H]2c2c1c(O)c1c(O)cccc1c2O. The largest absolute Gasteiger partial charge is 0.507 e. The minimum absolute atomic E-state index is 0.0807. The van der Waals surface area contributed by atoms with Gasteiger partial charge in [0.25, 0.3) is 0 Å². The first-order chi connectivity index (χ1) is 11.5. The Kier molecular flexibility index (Phi) is 3.31. The summed E-state index contributed by atoms with van der Waals surface area (Å²) in [6.45, 7) is 1.99. The number of phenols is 3. The molecule has 4 rings (SSSR count). The van der Waals surface area contributed by atoms with Gasteiger partial charge < -0.3 is 24.8 Å². The summed E-state index contributed by atoms with van der Waals surface area (Å²) in [5.41, 5.74) is 0.797. The van der Waals surface area contributed by atoms with Crippen molar-refractivity contribution < 1.29 is 29.6 Å². The quantitative estimate of drug-likeness (QED) is 0.578. The van der Waals surface area contributed by atoms with Crippen LogP contribution in [0.5, 0.6) is 17.2 Å². The Balaban J connectivity index is 2.05. The van der Waals surface area contributed by atoms with Crippen LogP contribution >= 0.6 is 0 Å². The fourth-order valence-corrected chi connectivity index (χ4v) is 3.79. The van der Waals surface area contributed by atoms with Crippen molar-refractivity contribution in [3.63, 3.8) is 0 Å². The molecule has 1 fully saturated rings. The number of carbonyl (C=O) groups excluding carboxylic acids is 1. The Morgan fingerprint density at radius 3 is 2.71 bits per heavy atom. The van der Waals surface area contributed by atoms with Gasteiger partial charge in [0.1, 0.15) is 23.4 Å². The molecule has 2 aliphatic heterocycles. The molecule has 3 N–H and O–H groups in total. The maximum Gasteiger partial charge on any atom is 0.309 e. The monoisotopic (exact) mass is 330 g/mol. The van der Waals surface area contributed by atoms with E-state index < -0.39 is 18.3 Å².